The van der Waals surface area contributed by atoms with Gasteiger partial charge in [0.15, 0.2) is 0 Å². The van der Waals surface area contributed by atoms with Crippen molar-refractivity contribution in [2.75, 3.05) is 0 Å². The van der Waals surface area contributed by atoms with E-state index in [9.17, 15) is 22.0 Å². The number of nitrogens with zero attached hydrogens (tertiary/aromatic N) is 1. The summed E-state index contributed by atoms with van der Waals surface area (Å²) in [6.07, 6.45) is 0. The van der Waals surface area contributed by atoms with Crippen LogP contribution in [0.4, 0.5) is 22.0 Å². The first-order valence-electron chi connectivity index (χ1n) is 8.24. The zero-order valence-electron chi connectivity index (χ0n) is 14.4. The fraction of sp³-hybridized carbons (Fsp3) is 0.0476. The molecule has 0 unspecified atom stereocenters. The third-order valence-electron chi connectivity index (χ3n) is 4.48. The van der Waals surface area contributed by atoms with Crippen LogP contribution in [0.25, 0.3) is 22.2 Å². The van der Waals surface area contributed by atoms with Crippen LogP contribution in [-0.4, -0.2) is 19.5 Å². The van der Waals surface area contributed by atoms with Crippen LogP contribution in [0.15, 0.2) is 54.6 Å². The Bertz CT molecular complexity index is 1170. The Morgan fingerprint density at radius 3 is 1.82 bits per heavy atom. The molecule has 0 bridgehead atoms. The molecule has 0 aliphatic rings. The van der Waals surface area contributed by atoms with Gasteiger partial charge in [0.05, 0.1) is 0 Å². The van der Waals surface area contributed by atoms with Gasteiger partial charge in [-0.25, -0.2) is 0 Å². The molecule has 4 rings (SSSR count). The Balaban J connectivity index is 2.01. The van der Waals surface area contributed by atoms with Gasteiger partial charge in [0.2, 0.25) is 0 Å². The molecule has 1 heterocycles. The summed E-state index contributed by atoms with van der Waals surface area (Å²) in [5, 5.41) is 0.716. The van der Waals surface area contributed by atoms with Crippen molar-refractivity contribution in [3.05, 3.63) is 83.7 Å². The van der Waals surface area contributed by atoms with Crippen molar-refractivity contribution in [3.63, 3.8) is 0 Å². The summed E-state index contributed by atoms with van der Waals surface area (Å²) < 4.78 is 71.1. The van der Waals surface area contributed by atoms with Gasteiger partial charge in [-0.05, 0) is 0 Å². The van der Waals surface area contributed by atoms with E-state index in [-0.39, 0.29) is 0 Å². The predicted octanol–water partition coefficient (Wildman–Crippen LogP) is 4.20. The topological polar surface area (TPSA) is 4.93 Å². The third kappa shape index (κ3) is 2.82. The molecule has 0 atom stereocenters. The quantitative estimate of drug-likeness (QED) is 0.190. The molecule has 1 nitrogen and oxygen atoms in total. The van der Waals surface area contributed by atoms with E-state index in [1.807, 2.05) is 54.1 Å². The fourth-order valence-electron chi connectivity index (χ4n) is 3.16. The van der Waals surface area contributed by atoms with Crippen molar-refractivity contribution < 1.29 is 22.0 Å². The Morgan fingerprint density at radius 1 is 0.643 bits per heavy atom. The van der Waals surface area contributed by atoms with Crippen molar-refractivity contribution in [2.45, 2.75) is 0 Å². The first kappa shape index (κ1) is 18.7. The number of hydrogen-bond acceptors (Lipinski definition) is 0. The Morgan fingerprint density at radius 2 is 1.18 bits per heavy atom. The summed E-state index contributed by atoms with van der Waals surface area (Å²) in [5.41, 5.74) is 2.29. The third-order valence-corrected chi connectivity index (χ3v) is 6.96. The van der Waals surface area contributed by atoms with E-state index in [1.165, 1.54) is 0 Å². The molecule has 0 aliphatic heterocycles. The van der Waals surface area contributed by atoms with Gasteiger partial charge < -0.3 is 0 Å². The molecular weight excluding hydrogens is 440 g/mol. The van der Waals surface area contributed by atoms with E-state index in [1.54, 1.807) is 12.1 Å². The van der Waals surface area contributed by atoms with Crippen LogP contribution in [0, 0.1) is 29.1 Å². The molecule has 4 aromatic rings. The minimum atomic E-state index is -2.14. The summed E-state index contributed by atoms with van der Waals surface area (Å²) in [5.74, 6) is -9.53. The molecule has 0 amide bonds. The molecule has 0 fully saturated rings. The van der Waals surface area contributed by atoms with Crippen LogP contribution in [0.3, 0.4) is 0 Å². The van der Waals surface area contributed by atoms with Crippen molar-refractivity contribution in [1.82, 2.24) is 4.57 Å². The van der Waals surface area contributed by atoms with Gasteiger partial charge in [0, 0.05) is 0 Å². The number of fused-ring (bicyclic) bond motifs is 1. The molecular formula is C21H12F5NSe. The maximum atomic E-state index is 14.3. The second-order valence-corrected chi connectivity index (χ2v) is 8.26. The normalized spacial score (nSPS) is 11.4. The van der Waals surface area contributed by atoms with Gasteiger partial charge in [-0.3, -0.25) is 0 Å². The molecule has 3 aromatic carbocycles. The summed E-state index contributed by atoms with van der Waals surface area (Å²) in [7, 11) is 1.81. The van der Waals surface area contributed by atoms with Crippen LogP contribution < -0.4 is 8.92 Å². The average Bonchev–Trinajstić information content (AvgIpc) is 3.01. The van der Waals surface area contributed by atoms with Crippen LogP contribution in [-0.2, 0) is 7.05 Å². The number of rotatable bonds is 3. The van der Waals surface area contributed by atoms with E-state index < -0.39 is 48.5 Å². The van der Waals surface area contributed by atoms with E-state index in [0.717, 1.165) is 11.1 Å². The van der Waals surface area contributed by atoms with Gasteiger partial charge in [-0.15, -0.1) is 0 Å². The first-order valence-corrected chi connectivity index (χ1v) is 9.95. The molecule has 0 spiro atoms. The summed E-state index contributed by atoms with van der Waals surface area (Å²) >= 11 is -1.16. The molecule has 0 N–H and O–H groups in total. The second-order valence-electron chi connectivity index (χ2n) is 6.12. The van der Waals surface area contributed by atoms with Gasteiger partial charge in [0.1, 0.15) is 0 Å². The van der Waals surface area contributed by atoms with Crippen LogP contribution >= 0.6 is 0 Å². The zero-order chi connectivity index (χ0) is 20.0. The van der Waals surface area contributed by atoms with E-state index in [0.29, 0.717) is 15.5 Å². The fourth-order valence-corrected chi connectivity index (χ4v) is 5.67. The number of para-hydroxylation sites is 1. The summed E-state index contributed by atoms with van der Waals surface area (Å²) in [6, 6.07) is 16.4. The molecule has 28 heavy (non-hydrogen) atoms. The molecule has 0 saturated heterocycles. The standard InChI is InChI=1S/C21H12F5NSe/c1-27-13-10-6-5-9-12(13)20(19(27)11-7-3-2-4-8-11)28-21-17(25)15(23)14(22)16(24)18(21)26/h2-10H,1H3. The number of benzene rings is 3. The van der Waals surface area contributed by atoms with Gasteiger partial charge in [-0.1, -0.05) is 0 Å². The SMILES string of the molecule is Cn1c(-c2ccccc2)c([Se]c2c(F)c(F)c(F)c(F)c2F)c2ccccc21. The minimum absolute atomic E-state index is 0.556. The number of halogens is 5. The Hall–Kier alpha value is -2.63. The molecule has 1 aromatic heterocycles. The molecule has 0 radical (unpaired) electrons. The summed E-state index contributed by atoms with van der Waals surface area (Å²) in [4.78, 5) is 0. The maximum absolute atomic E-state index is 14.3. The van der Waals surface area contributed by atoms with Crippen molar-refractivity contribution in [3.8, 4) is 11.3 Å². The first-order chi connectivity index (χ1) is 13.4. The summed E-state index contributed by atoms with van der Waals surface area (Å²) in [6.45, 7) is 0. The number of aryl methyl sites for hydroxylation is 1. The van der Waals surface area contributed by atoms with E-state index in [4.69, 9.17) is 0 Å². The number of aromatic nitrogens is 1. The molecule has 142 valence electrons. The van der Waals surface area contributed by atoms with E-state index in [2.05, 4.69) is 0 Å². The van der Waals surface area contributed by atoms with Gasteiger partial charge >= 0.3 is 163 Å². The predicted molar refractivity (Wildman–Crippen MR) is 99.6 cm³/mol. The van der Waals surface area contributed by atoms with E-state index >= 15 is 0 Å². The Labute approximate surface area is 163 Å². The van der Waals surface area contributed by atoms with Gasteiger partial charge in [0.25, 0.3) is 0 Å². The van der Waals surface area contributed by atoms with Crippen LogP contribution in [0.2, 0.25) is 0 Å². The van der Waals surface area contributed by atoms with Crippen LogP contribution in [0.1, 0.15) is 0 Å². The van der Waals surface area contributed by atoms with Crippen molar-refractivity contribution in [1.29, 1.82) is 0 Å². The van der Waals surface area contributed by atoms with Crippen molar-refractivity contribution >= 4 is 34.8 Å². The monoisotopic (exact) mass is 453 g/mol. The molecule has 0 aliphatic carbocycles. The van der Waals surface area contributed by atoms with Gasteiger partial charge in [-0.2, -0.15) is 0 Å². The Kier molecular flexibility index (Phi) is 4.73. The zero-order valence-corrected chi connectivity index (χ0v) is 16.2. The van der Waals surface area contributed by atoms with Crippen molar-refractivity contribution in [2.24, 2.45) is 7.05 Å². The molecule has 0 saturated carbocycles. The molecule has 7 heteroatoms. The second kappa shape index (κ2) is 7.08. The average molecular weight is 452 g/mol. The number of hydrogen-bond donors (Lipinski definition) is 0. The van der Waals surface area contributed by atoms with Crippen LogP contribution in [0.5, 0.6) is 0 Å².